The minimum atomic E-state index is -0.220. The highest BCUT2D eigenvalue weighted by atomic mass is 35.5. The van der Waals surface area contributed by atoms with Gasteiger partial charge in [0.25, 0.3) is 5.91 Å². The number of rotatable bonds is 6. The number of aryl methyl sites for hydroxylation is 1. The van der Waals surface area contributed by atoms with E-state index in [2.05, 4.69) is 29.2 Å². The molecule has 1 aromatic rings. The third-order valence-electron chi connectivity index (χ3n) is 2.61. The average Bonchev–Trinajstić information content (AvgIpc) is 2.64. The van der Waals surface area contributed by atoms with Gasteiger partial charge in [-0.1, -0.05) is 25.4 Å². The maximum absolute atomic E-state index is 11.7. The van der Waals surface area contributed by atoms with Crippen molar-refractivity contribution in [2.24, 2.45) is 7.05 Å². The zero-order chi connectivity index (χ0) is 12.8. The average molecular weight is 259 g/mol. The summed E-state index contributed by atoms with van der Waals surface area (Å²) in [7, 11) is 1.73. The molecule has 0 radical (unpaired) electrons. The molecule has 0 saturated heterocycles. The van der Waals surface area contributed by atoms with Crippen molar-refractivity contribution in [1.29, 1.82) is 0 Å². The molecule has 0 unspecified atom stereocenters. The van der Waals surface area contributed by atoms with E-state index in [-0.39, 0.29) is 11.6 Å². The molecule has 0 aromatic carbocycles. The topological polar surface area (TPSA) is 50.2 Å². The summed E-state index contributed by atoms with van der Waals surface area (Å²) in [6.45, 7) is 7.60. The van der Waals surface area contributed by atoms with Gasteiger partial charge in [0.2, 0.25) is 0 Å². The maximum atomic E-state index is 11.7. The third kappa shape index (κ3) is 4.02. The fraction of sp³-hybridized carbons (Fsp3) is 0.636. The Labute approximate surface area is 107 Å². The number of halogens is 1. The van der Waals surface area contributed by atoms with Crippen molar-refractivity contribution in [3.63, 3.8) is 0 Å². The maximum Gasteiger partial charge on any atom is 0.273 e. The van der Waals surface area contributed by atoms with Crippen LogP contribution < -0.4 is 5.32 Å². The largest absolute Gasteiger partial charge is 0.349 e. The summed E-state index contributed by atoms with van der Waals surface area (Å²) < 4.78 is 1.53. The van der Waals surface area contributed by atoms with Crippen LogP contribution in [0.4, 0.5) is 0 Å². The van der Waals surface area contributed by atoms with Gasteiger partial charge in [-0.25, -0.2) is 0 Å². The third-order valence-corrected chi connectivity index (χ3v) is 2.88. The number of carbonyl (C=O) groups is 1. The normalized spacial score (nSPS) is 10.9. The zero-order valence-electron chi connectivity index (χ0n) is 10.5. The first kappa shape index (κ1) is 14.0. The lowest BCUT2D eigenvalue weighted by molar-refractivity contribution is 0.0943. The predicted octanol–water partition coefficient (Wildman–Crippen LogP) is 1.15. The first-order valence-electron chi connectivity index (χ1n) is 5.78. The molecule has 0 spiro atoms. The highest BCUT2D eigenvalue weighted by molar-refractivity contribution is 6.33. The Morgan fingerprint density at radius 1 is 1.53 bits per heavy atom. The Morgan fingerprint density at radius 3 is 2.65 bits per heavy atom. The Morgan fingerprint density at radius 2 is 2.18 bits per heavy atom. The molecule has 1 rings (SSSR count). The summed E-state index contributed by atoms with van der Waals surface area (Å²) in [6.07, 6.45) is 1.61. The first-order valence-corrected chi connectivity index (χ1v) is 6.16. The predicted molar refractivity (Wildman–Crippen MR) is 68.3 cm³/mol. The minimum absolute atomic E-state index is 0.220. The van der Waals surface area contributed by atoms with Crippen LogP contribution in [0.15, 0.2) is 6.20 Å². The van der Waals surface area contributed by atoms with Crippen LogP contribution >= 0.6 is 11.6 Å². The number of hydrogen-bond donors (Lipinski definition) is 1. The Balaban J connectivity index is 2.42. The molecule has 96 valence electrons. The molecule has 0 bridgehead atoms. The number of nitrogens with zero attached hydrogens (tertiary/aromatic N) is 3. The molecular weight excluding hydrogens is 240 g/mol. The molecule has 0 saturated carbocycles. The summed E-state index contributed by atoms with van der Waals surface area (Å²) >= 11 is 5.88. The van der Waals surface area contributed by atoms with Gasteiger partial charge in [0.05, 0.1) is 5.02 Å². The highest BCUT2D eigenvalue weighted by Gasteiger charge is 2.14. The summed E-state index contributed by atoms with van der Waals surface area (Å²) in [5.74, 6) is -0.220. The lowest BCUT2D eigenvalue weighted by Gasteiger charge is -2.17. The van der Waals surface area contributed by atoms with Crippen LogP contribution in [0.2, 0.25) is 5.02 Å². The lowest BCUT2D eigenvalue weighted by Crippen LogP contribution is -2.35. The van der Waals surface area contributed by atoms with Gasteiger partial charge in [0.1, 0.15) is 0 Å². The molecule has 1 aromatic heterocycles. The first-order chi connectivity index (χ1) is 8.08. The number of hydrogen-bond acceptors (Lipinski definition) is 3. The quantitative estimate of drug-likeness (QED) is 0.833. The van der Waals surface area contributed by atoms with E-state index in [1.807, 2.05) is 0 Å². The van der Waals surface area contributed by atoms with Gasteiger partial charge in [-0.3, -0.25) is 9.48 Å². The van der Waals surface area contributed by atoms with Crippen LogP contribution in [0.3, 0.4) is 0 Å². The van der Waals surface area contributed by atoms with Crippen LogP contribution in [0, 0.1) is 0 Å². The van der Waals surface area contributed by atoms with E-state index in [9.17, 15) is 4.79 Å². The standard InChI is InChI=1S/C11H19ClN4O/c1-4-16(5-2)7-6-13-11(17)10-9(12)8-15(3)14-10/h8H,4-7H2,1-3H3,(H,13,17). The van der Waals surface area contributed by atoms with Crippen molar-refractivity contribution in [2.45, 2.75) is 13.8 Å². The summed E-state index contributed by atoms with van der Waals surface area (Å²) in [5.41, 5.74) is 0.286. The van der Waals surface area contributed by atoms with Crippen molar-refractivity contribution < 1.29 is 4.79 Å². The van der Waals surface area contributed by atoms with E-state index >= 15 is 0 Å². The minimum Gasteiger partial charge on any atom is -0.349 e. The van der Waals surface area contributed by atoms with E-state index in [0.717, 1.165) is 19.6 Å². The van der Waals surface area contributed by atoms with E-state index in [0.29, 0.717) is 11.6 Å². The smallest absolute Gasteiger partial charge is 0.273 e. The van der Waals surface area contributed by atoms with Gasteiger partial charge in [-0.05, 0) is 13.1 Å². The lowest BCUT2D eigenvalue weighted by atomic mass is 10.4. The van der Waals surface area contributed by atoms with Gasteiger partial charge in [-0.2, -0.15) is 5.10 Å². The number of amides is 1. The van der Waals surface area contributed by atoms with Crippen molar-refractivity contribution in [3.05, 3.63) is 16.9 Å². The number of nitrogens with one attached hydrogen (secondary N) is 1. The van der Waals surface area contributed by atoms with Crippen LogP contribution in [0.5, 0.6) is 0 Å². The number of carbonyl (C=O) groups excluding carboxylic acids is 1. The summed E-state index contributed by atoms with van der Waals surface area (Å²) in [4.78, 5) is 14.0. The van der Waals surface area contributed by atoms with Crippen molar-refractivity contribution in [3.8, 4) is 0 Å². The summed E-state index contributed by atoms with van der Waals surface area (Å²) in [6, 6.07) is 0. The molecule has 5 nitrogen and oxygen atoms in total. The van der Waals surface area contributed by atoms with Gasteiger partial charge in [0.15, 0.2) is 5.69 Å². The fourth-order valence-electron chi connectivity index (χ4n) is 1.56. The Hall–Kier alpha value is -1.07. The van der Waals surface area contributed by atoms with Gasteiger partial charge in [-0.15, -0.1) is 0 Å². The van der Waals surface area contributed by atoms with Crippen molar-refractivity contribution in [1.82, 2.24) is 20.0 Å². The molecule has 0 atom stereocenters. The van der Waals surface area contributed by atoms with Crippen LogP contribution in [0.25, 0.3) is 0 Å². The fourth-order valence-corrected chi connectivity index (χ4v) is 1.83. The van der Waals surface area contributed by atoms with Crippen molar-refractivity contribution in [2.75, 3.05) is 26.2 Å². The van der Waals surface area contributed by atoms with E-state index < -0.39 is 0 Å². The number of likely N-dealkylation sites (N-methyl/N-ethyl adjacent to an activating group) is 1. The number of aromatic nitrogens is 2. The molecule has 1 N–H and O–H groups in total. The van der Waals surface area contributed by atoms with Gasteiger partial charge >= 0.3 is 0 Å². The zero-order valence-corrected chi connectivity index (χ0v) is 11.3. The highest BCUT2D eigenvalue weighted by Crippen LogP contribution is 2.12. The van der Waals surface area contributed by atoms with Crippen LogP contribution in [-0.2, 0) is 7.05 Å². The molecule has 0 aliphatic heterocycles. The Kier molecular flexibility index (Phi) is 5.44. The molecule has 1 amide bonds. The van der Waals surface area contributed by atoms with Gasteiger partial charge in [0, 0.05) is 26.3 Å². The van der Waals surface area contributed by atoms with E-state index in [1.54, 1.807) is 13.2 Å². The van der Waals surface area contributed by atoms with Crippen LogP contribution in [0.1, 0.15) is 24.3 Å². The molecule has 0 fully saturated rings. The van der Waals surface area contributed by atoms with Crippen molar-refractivity contribution >= 4 is 17.5 Å². The van der Waals surface area contributed by atoms with E-state index in [1.165, 1.54) is 4.68 Å². The molecule has 0 aliphatic carbocycles. The van der Waals surface area contributed by atoms with Gasteiger partial charge < -0.3 is 10.2 Å². The monoisotopic (exact) mass is 258 g/mol. The molecule has 17 heavy (non-hydrogen) atoms. The van der Waals surface area contributed by atoms with Crippen LogP contribution in [-0.4, -0.2) is 46.8 Å². The molecule has 0 aliphatic rings. The second-order valence-corrected chi connectivity index (χ2v) is 4.19. The molecule has 1 heterocycles. The Bertz CT molecular complexity index is 374. The van der Waals surface area contributed by atoms with E-state index in [4.69, 9.17) is 11.6 Å². The second-order valence-electron chi connectivity index (χ2n) is 3.78. The summed E-state index contributed by atoms with van der Waals surface area (Å²) in [5, 5.41) is 7.20. The molecular formula is C11H19ClN4O. The second kappa shape index (κ2) is 6.61. The SMILES string of the molecule is CCN(CC)CCNC(=O)c1nn(C)cc1Cl. The molecule has 6 heteroatoms.